The van der Waals surface area contributed by atoms with E-state index in [1.54, 1.807) is 57.2 Å². The van der Waals surface area contributed by atoms with Gasteiger partial charge < -0.3 is 14.2 Å². The van der Waals surface area contributed by atoms with Crippen LogP contribution in [0.3, 0.4) is 0 Å². The molecule has 1 aliphatic rings. The van der Waals surface area contributed by atoms with E-state index in [4.69, 9.17) is 9.47 Å². The molecule has 4 amide bonds. The molecule has 2 aromatic carbocycles. The normalized spacial score (nSPS) is 13.7. The van der Waals surface area contributed by atoms with Gasteiger partial charge in [0.05, 0.1) is 24.3 Å². The molecule has 10 heteroatoms. The lowest BCUT2D eigenvalue weighted by Gasteiger charge is -2.28. The summed E-state index contributed by atoms with van der Waals surface area (Å²) >= 11 is 0. The molecule has 0 fully saturated rings. The lowest BCUT2D eigenvalue weighted by atomic mass is 10.1. The predicted molar refractivity (Wildman–Crippen MR) is 136 cm³/mol. The highest BCUT2D eigenvalue weighted by Gasteiger charge is 2.40. The van der Waals surface area contributed by atoms with Gasteiger partial charge in [-0.2, -0.15) is 0 Å². The maximum atomic E-state index is 13.1. The van der Waals surface area contributed by atoms with Gasteiger partial charge in [-0.05, 0) is 44.9 Å². The van der Waals surface area contributed by atoms with E-state index in [1.807, 2.05) is 6.07 Å². The van der Waals surface area contributed by atoms with E-state index in [9.17, 15) is 24.0 Å². The predicted octanol–water partition coefficient (Wildman–Crippen LogP) is 4.34. The van der Waals surface area contributed by atoms with E-state index in [0.29, 0.717) is 0 Å². The van der Waals surface area contributed by atoms with Crippen molar-refractivity contribution in [2.24, 2.45) is 0 Å². The molecule has 0 spiro atoms. The average Bonchev–Trinajstić information content (AvgIpc) is 3.14. The first-order chi connectivity index (χ1) is 18.0. The standard InChI is InChI=1S/C28H30N2O8/c1-28(2,3)38-27(35)29(26(34)37-18-19-10-6-5-7-11-19)17-16-20(14-15-23(31)36-4)30-24(32)21-12-8-9-13-22(21)25(30)33/h5-15,20H,16-18H2,1-4H3/b15-14+. The van der Waals surface area contributed by atoms with Gasteiger partial charge in [-0.3, -0.25) is 14.5 Å². The van der Waals surface area contributed by atoms with Crippen molar-refractivity contribution >= 4 is 30.0 Å². The topological polar surface area (TPSA) is 120 Å². The van der Waals surface area contributed by atoms with E-state index in [-0.39, 0.29) is 30.7 Å². The summed E-state index contributed by atoms with van der Waals surface area (Å²) in [6, 6.07) is 14.3. The number of hydrogen-bond acceptors (Lipinski definition) is 8. The number of fused-ring (bicyclic) bond motifs is 1. The summed E-state index contributed by atoms with van der Waals surface area (Å²) in [4.78, 5) is 65.6. The summed E-state index contributed by atoms with van der Waals surface area (Å²) < 4.78 is 15.4. The van der Waals surface area contributed by atoms with Crippen molar-refractivity contribution in [2.45, 2.75) is 45.4 Å². The molecular formula is C28H30N2O8. The monoisotopic (exact) mass is 522 g/mol. The Morgan fingerprint density at radius 1 is 0.921 bits per heavy atom. The first-order valence-corrected chi connectivity index (χ1v) is 12.0. The number of imide groups is 2. The Morgan fingerprint density at radius 3 is 2.05 bits per heavy atom. The molecule has 2 aromatic rings. The molecule has 10 nitrogen and oxygen atoms in total. The largest absolute Gasteiger partial charge is 0.466 e. The van der Waals surface area contributed by atoms with E-state index < -0.39 is 41.6 Å². The number of nitrogens with zero attached hydrogens (tertiary/aromatic N) is 2. The highest BCUT2D eigenvalue weighted by Crippen LogP contribution is 2.26. The van der Waals surface area contributed by atoms with Gasteiger partial charge in [-0.25, -0.2) is 19.3 Å². The quantitative estimate of drug-likeness (QED) is 0.217. The minimum atomic E-state index is -0.978. The van der Waals surface area contributed by atoms with Crippen LogP contribution in [-0.2, 0) is 25.6 Å². The molecule has 1 aliphatic heterocycles. The maximum Gasteiger partial charge on any atom is 0.419 e. The minimum absolute atomic E-state index is 0.0803. The number of esters is 1. The summed E-state index contributed by atoms with van der Waals surface area (Å²) in [5.41, 5.74) is 0.261. The third kappa shape index (κ3) is 7.06. The van der Waals surface area contributed by atoms with E-state index >= 15 is 0 Å². The van der Waals surface area contributed by atoms with Gasteiger partial charge >= 0.3 is 18.2 Å². The number of methoxy groups -OCH3 is 1. The van der Waals surface area contributed by atoms with Gasteiger partial charge in [-0.1, -0.05) is 48.5 Å². The molecule has 200 valence electrons. The fourth-order valence-electron chi connectivity index (χ4n) is 3.71. The Hall–Kier alpha value is -4.47. The van der Waals surface area contributed by atoms with E-state index in [1.165, 1.54) is 25.3 Å². The molecule has 38 heavy (non-hydrogen) atoms. The molecule has 0 N–H and O–H groups in total. The van der Waals surface area contributed by atoms with Crippen LogP contribution in [0.25, 0.3) is 0 Å². The fourth-order valence-corrected chi connectivity index (χ4v) is 3.71. The summed E-state index contributed by atoms with van der Waals surface area (Å²) in [5.74, 6) is -1.81. The Kier molecular flexibility index (Phi) is 9.01. The molecule has 1 atom stereocenters. The number of ether oxygens (including phenoxy) is 3. The van der Waals surface area contributed by atoms with Crippen LogP contribution in [0, 0.1) is 0 Å². The van der Waals surface area contributed by atoms with Gasteiger partial charge in [0.25, 0.3) is 11.8 Å². The third-order valence-electron chi connectivity index (χ3n) is 5.50. The fraction of sp³-hybridized carbons (Fsp3) is 0.321. The molecule has 3 rings (SSSR count). The summed E-state index contributed by atoms with van der Waals surface area (Å²) in [6.45, 7) is 4.60. The van der Waals surface area contributed by atoms with Crippen LogP contribution in [0.5, 0.6) is 0 Å². The number of amides is 4. The van der Waals surface area contributed by atoms with Crippen LogP contribution in [-0.4, -0.2) is 65.1 Å². The summed E-state index contributed by atoms with van der Waals surface area (Å²) in [6.07, 6.45) is 0.420. The molecule has 1 heterocycles. The molecule has 0 saturated heterocycles. The highest BCUT2D eigenvalue weighted by atomic mass is 16.6. The van der Waals surface area contributed by atoms with Gasteiger partial charge in [0.1, 0.15) is 12.2 Å². The van der Waals surface area contributed by atoms with E-state index in [0.717, 1.165) is 21.4 Å². The number of benzene rings is 2. The SMILES string of the molecule is COC(=O)/C=C/C(CCN(C(=O)OCc1ccccc1)C(=O)OC(C)(C)C)N1C(=O)c2ccccc2C1=O. The molecule has 0 radical (unpaired) electrons. The third-order valence-corrected chi connectivity index (χ3v) is 5.50. The number of carbonyl (C=O) groups excluding carboxylic acids is 5. The molecule has 0 aromatic heterocycles. The van der Waals surface area contributed by atoms with Crippen molar-refractivity contribution in [3.05, 3.63) is 83.4 Å². The summed E-state index contributed by atoms with van der Waals surface area (Å²) in [7, 11) is 1.19. The second-order valence-electron chi connectivity index (χ2n) is 9.44. The van der Waals surface area contributed by atoms with Crippen LogP contribution in [0.15, 0.2) is 66.7 Å². The molecule has 1 unspecified atom stereocenters. The molecule has 0 bridgehead atoms. The second-order valence-corrected chi connectivity index (χ2v) is 9.44. The first-order valence-electron chi connectivity index (χ1n) is 12.0. The second kappa shape index (κ2) is 12.2. The van der Waals surface area contributed by atoms with E-state index in [2.05, 4.69) is 4.74 Å². The lowest BCUT2D eigenvalue weighted by molar-refractivity contribution is -0.134. The number of rotatable bonds is 8. The number of carbonyl (C=O) groups is 5. The van der Waals surface area contributed by atoms with Crippen LogP contribution < -0.4 is 0 Å². The zero-order chi connectivity index (χ0) is 27.9. The van der Waals surface area contributed by atoms with Crippen LogP contribution >= 0.6 is 0 Å². The Morgan fingerprint density at radius 2 is 1.50 bits per heavy atom. The van der Waals surface area contributed by atoms with Crippen molar-refractivity contribution in [2.75, 3.05) is 13.7 Å². The first kappa shape index (κ1) is 28.1. The van der Waals surface area contributed by atoms with Crippen LogP contribution in [0.2, 0.25) is 0 Å². The molecule has 0 saturated carbocycles. The maximum absolute atomic E-state index is 13.1. The Balaban J connectivity index is 1.84. The van der Waals surface area contributed by atoms with Gasteiger partial charge in [0, 0.05) is 12.6 Å². The number of hydrogen-bond donors (Lipinski definition) is 0. The van der Waals surface area contributed by atoms with Crippen molar-refractivity contribution in [3.63, 3.8) is 0 Å². The Bertz CT molecular complexity index is 1200. The molecular weight excluding hydrogens is 492 g/mol. The average molecular weight is 523 g/mol. The summed E-state index contributed by atoms with van der Waals surface area (Å²) in [5, 5.41) is 0. The van der Waals surface area contributed by atoms with Crippen LogP contribution in [0.1, 0.15) is 53.5 Å². The van der Waals surface area contributed by atoms with Crippen molar-refractivity contribution in [1.29, 1.82) is 0 Å². The lowest BCUT2D eigenvalue weighted by Crippen LogP contribution is -2.45. The van der Waals surface area contributed by atoms with Crippen LogP contribution in [0.4, 0.5) is 9.59 Å². The Labute approximate surface area is 220 Å². The highest BCUT2D eigenvalue weighted by molar-refractivity contribution is 6.21. The molecule has 0 aliphatic carbocycles. The zero-order valence-corrected chi connectivity index (χ0v) is 21.7. The van der Waals surface area contributed by atoms with Gasteiger partial charge in [0.15, 0.2) is 0 Å². The zero-order valence-electron chi connectivity index (χ0n) is 21.7. The van der Waals surface area contributed by atoms with Crippen molar-refractivity contribution in [3.8, 4) is 0 Å². The van der Waals surface area contributed by atoms with Gasteiger partial charge in [0.2, 0.25) is 0 Å². The van der Waals surface area contributed by atoms with Crippen molar-refractivity contribution in [1.82, 2.24) is 9.80 Å². The smallest absolute Gasteiger partial charge is 0.419 e. The van der Waals surface area contributed by atoms with Gasteiger partial charge in [-0.15, -0.1) is 0 Å². The van der Waals surface area contributed by atoms with Crippen molar-refractivity contribution < 1.29 is 38.2 Å². The minimum Gasteiger partial charge on any atom is -0.466 e.